The predicted octanol–water partition coefficient (Wildman–Crippen LogP) is 7.12. The van der Waals surface area contributed by atoms with E-state index in [1.54, 1.807) is 0 Å². The van der Waals surface area contributed by atoms with E-state index >= 15 is 0 Å². The molecule has 0 aromatic heterocycles. The van der Waals surface area contributed by atoms with Gasteiger partial charge in [0.05, 0.1) is 6.10 Å². The van der Waals surface area contributed by atoms with Crippen LogP contribution < -0.4 is 0 Å². The van der Waals surface area contributed by atoms with Crippen LogP contribution >= 0.6 is 0 Å². The van der Waals surface area contributed by atoms with Crippen LogP contribution in [0, 0.1) is 45.8 Å². The second kappa shape index (κ2) is 7.86. The number of ketones is 1. The zero-order valence-corrected chi connectivity index (χ0v) is 21.1. The molecular formula is C29H46O2. The molecule has 0 heterocycles. The monoisotopic (exact) mass is 426 g/mol. The number of hydrogen-bond donors (Lipinski definition) is 1. The molecule has 4 rings (SSSR count). The smallest absolute Gasteiger partial charge is 0.142 e. The highest BCUT2D eigenvalue weighted by atomic mass is 16.3. The van der Waals surface area contributed by atoms with Crippen molar-refractivity contribution in [2.45, 2.75) is 106 Å². The van der Waals surface area contributed by atoms with E-state index in [0.29, 0.717) is 35.4 Å². The van der Waals surface area contributed by atoms with Crippen molar-refractivity contribution < 1.29 is 9.90 Å². The van der Waals surface area contributed by atoms with Gasteiger partial charge in [0.2, 0.25) is 0 Å². The Morgan fingerprint density at radius 2 is 1.84 bits per heavy atom. The van der Waals surface area contributed by atoms with E-state index in [1.807, 2.05) is 0 Å². The van der Waals surface area contributed by atoms with Crippen LogP contribution in [-0.4, -0.2) is 17.0 Å². The molecule has 0 aromatic carbocycles. The number of hydrogen-bond acceptors (Lipinski definition) is 2. The summed E-state index contributed by atoms with van der Waals surface area (Å²) in [6, 6.07) is 0. The molecule has 2 heteroatoms. The molecule has 0 radical (unpaired) electrons. The number of carbonyl (C=O) groups excluding carboxylic acids is 1. The summed E-state index contributed by atoms with van der Waals surface area (Å²) in [5.41, 5.74) is 2.69. The van der Waals surface area contributed by atoms with Crippen molar-refractivity contribution in [3.05, 3.63) is 23.3 Å². The summed E-state index contributed by atoms with van der Waals surface area (Å²) < 4.78 is 0. The van der Waals surface area contributed by atoms with Gasteiger partial charge in [0.15, 0.2) is 0 Å². The summed E-state index contributed by atoms with van der Waals surface area (Å²) in [5, 5.41) is 11.5. The van der Waals surface area contributed by atoms with E-state index in [0.717, 1.165) is 18.3 Å². The highest BCUT2D eigenvalue weighted by Gasteiger charge is 2.63. The third-order valence-electron chi connectivity index (χ3n) is 10.7. The fourth-order valence-corrected chi connectivity index (χ4v) is 8.98. The Morgan fingerprint density at radius 1 is 1.13 bits per heavy atom. The van der Waals surface area contributed by atoms with E-state index in [4.69, 9.17) is 0 Å². The molecule has 4 aliphatic rings. The summed E-state index contributed by atoms with van der Waals surface area (Å²) in [4.78, 5) is 12.7. The fraction of sp³-hybridized carbons (Fsp3) is 0.828. The molecule has 0 unspecified atom stereocenters. The van der Waals surface area contributed by atoms with Gasteiger partial charge < -0.3 is 5.11 Å². The molecule has 31 heavy (non-hydrogen) atoms. The molecular weight excluding hydrogens is 380 g/mol. The number of aliphatic hydroxyl groups excluding tert-OH is 1. The number of rotatable bonds is 4. The Labute approximate surface area is 191 Å². The van der Waals surface area contributed by atoms with Crippen LogP contribution in [-0.2, 0) is 4.79 Å². The molecule has 1 N–H and O–H groups in total. The average molecular weight is 427 g/mol. The van der Waals surface area contributed by atoms with E-state index in [1.165, 1.54) is 49.7 Å². The van der Waals surface area contributed by atoms with Gasteiger partial charge >= 0.3 is 0 Å². The number of aliphatic hydroxyl groups is 1. The second-order valence-corrected chi connectivity index (χ2v) is 12.9. The molecule has 2 nitrogen and oxygen atoms in total. The topological polar surface area (TPSA) is 37.3 Å². The molecule has 0 spiro atoms. The Hall–Kier alpha value is -0.890. The Morgan fingerprint density at radius 3 is 2.52 bits per heavy atom. The lowest BCUT2D eigenvalue weighted by atomic mass is 9.44. The molecule has 3 saturated carbocycles. The van der Waals surface area contributed by atoms with Gasteiger partial charge in [-0.3, -0.25) is 4.79 Å². The standard InChI is InChI=1S/C29H46O2/c1-18(2)9-8-10-19(3)20-11-12-21-26-22(13-15-28(20,21)6)29(7)16-14-25(31)27(4,5)24(29)17-23(26)30/h9,17,19-23,26,30H,8,10-16H2,1-7H3/t19-,20-,21+,22+,23-,26+,28-,29-/m1/s1. The van der Waals surface area contributed by atoms with Crippen LogP contribution in [0.3, 0.4) is 0 Å². The van der Waals surface area contributed by atoms with Gasteiger partial charge in [0, 0.05) is 11.8 Å². The first-order valence-corrected chi connectivity index (χ1v) is 13.0. The zero-order valence-electron chi connectivity index (χ0n) is 21.1. The van der Waals surface area contributed by atoms with Gasteiger partial charge in [-0.15, -0.1) is 0 Å². The Balaban J connectivity index is 1.61. The minimum absolute atomic E-state index is 0.0792. The number of allylic oxidation sites excluding steroid dienone is 3. The van der Waals surface area contributed by atoms with Gasteiger partial charge in [-0.1, -0.05) is 44.1 Å². The van der Waals surface area contributed by atoms with Crippen molar-refractivity contribution in [3.8, 4) is 0 Å². The van der Waals surface area contributed by atoms with E-state index in [-0.39, 0.29) is 11.5 Å². The van der Waals surface area contributed by atoms with Gasteiger partial charge in [-0.05, 0) is 113 Å². The molecule has 0 amide bonds. The minimum Gasteiger partial charge on any atom is -0.389 e. The van der Waals surface area contributed by atoms with Crippen molar-refractivity contribution in [1.29, 1.82) is 0 Å². The molecule has 4 aliphatic carbocycles. The van der Waals surface area contributed by atoms with Crippen molar-refractivity contribution in [2.75, 3.05) is 0 Å². The first-order valence-electron chi connectivity index (χ1n) is 13.0. The van der Waals surface area contributed by atoms with Gasteiger partial charge in [0.25, 0.3) is 0 Å². The Kier molecular flexibility index (Phi) is 5.90. The molecule has 0 bridgehead atoms. The maximum Gasteiger partial charge on any atom is 0.142 e. The quantitative estimate of drug-likeness (QED) is 0.486. The number of carbonyl (C=O) groups is 1. The molecule has 0 aromatic rings. The lowest BCUT2D eigenvalue weighted by molar-refractivity contribution is -0.135. The summed E-state index contributed by atoms with van der Waals surface area (Å²) in [7, 11) is 0. The molecule has 174 valence electrons. The SMILES string of the molecule is CC(C)=CCC[C@@H](C)[C@H]1CC[C@H]2[C@@H]3[C@H](O)C=C4C(C)(C)C(=O)CC[C@]4(C)[C@H]3CC[C@]12C. The lowest BCUT2D eigenvalue weighted by Crippen LogP contribution is -2.57. The highest BCUT2D eigenvalue weighted by molar-refractivity contribution is 5.89. The predicted molar refractivity (Wildman–Crippen MR) is 129 cm³/mol. The van der Waals surface area contributed by atoms with Gasteiger partial charge in [-0.25, -0.2) is 0 Å². The third-order valence-corrected chi connectivity index (χ3v) is 10.7. The number of Topliss-reactive ketones (excluding diaryl/α,β-unsaturated/α-hetero) is 1. The lowest BCUT2D eigenvalue weighted by Gasteiger charge is -2.61. The summed E-state index contributed by atoms with van der Waals surface area (Å²) in [6.45, 7) is 16.1. The first-order chi connectivity index (χ1) is 14.4. The van der Waals surface area contributed by atoms with Crippen LogP contribution in [0.5, 0.6) is 0 Å². The maximum absolute atomic E-state index is 12.7. The molecule has 0 aliphatic heterocycles. The third kappa shape index (κ3) is 3.51. The van der Waals surface area contributed by atoms with Gasteiger partial charge in [-0.2, -0.15) is 0 Å². The summed E-state index contributed by atoms with van der Waals surface area (Å²) in [5.74, 6) is 3.38. The van der Waals surface area contributed by atoms with E-state index < -0.39 is 5.41 Å². The highest BCUT2D eigenvalue weighted by Crippen LogP contribution is 2.68. The first kappa shape index (κ1) is 23.3. The van der Waals surface area contributed by atoms with Crippen LogP contribution in [0.15, 0.2) is 23.3 Å². The molecule has 3 fully saturated rings. The van der Waals surface area contributed by atoms with E-state index in [9.17, 15) is 9.90 Å². The average Bonchev–Trinajstić information content (AvgIpc) is 3.04. The number of fused-ring (bicyclic) bond motifs is 5. The summed E-state index contributed by atoms with van der Waals surface area (Å²) >= 11 is 0. The minimum atomic E-state index is -0.419. The molecule has 8 atom stereocenters. The zero-order chi connectivity index (χ0) is 22.8. The van der Waals surface area contributed by atoms with Crippen molar-refractivity contribution >= 4 is 5.78 Å². The Bertz CT molecular complexity index is 785. The second-order valence-electron chi connectivity index (χ2n) is 12.9. The van der Waals surface area contributed by atoms with E-state index in [2.05, 4.69) is 60.6 Å². The normalized spacial score (nSPS) is 44.6. The van der Waals surface area contributed by atoms with Crippen LogP contribution in [0.25, 0.3) is 0 Å². The van der Waals surface area contributed by atoms with Crippen molar-refractivity contribution in [1.82, 2.24) is 0 Å². The summed E-state index contributed by atoms with van der Waals surface area (Å²) in [6.07, 6.45) is 13.4. The van der Waals surface area contributed by atoms with Crippen LogP contribution in [0.2, 0.25) is 0 Å². The largest absolute Gasteiger partial charge is 0.389 e. The fourth-order valence-electron chi connectivity index (χ4n) is 8.98. The van der Waals surface area contributed by atoms with Crippen molar-refractivity contribution in [3.63, 3.8) is 0 Å². The van der Waals surface area contributed by atoms with Gasteiger partial charge in [0.1, 0.15) is 5.78 Å². The van der Waals surface area contributed by atoms with Crippen molar-refractivity contribution in [2.24, 2.45) is 45.8 Å². The molecule has 0 saturated heterocycles. The maximum atomic E-state index is 12.7. The van der Waals surface area contributed by atoms with Crippen LogP contribution in [0.4, 0.5) is 0 Å². The van der Waals surface area contributed by atoms with Crippen LogP contribution in [0.1, 0.15) is 99.8 Å².